The van der Waals surface area contributed by atoms with E-state index in [1.165, 1.54) is 24.3 Å². The number of H-pyrrole nitrogens is 1. The van der Waals surface area contributed by atoms with Crippen LogP contribution in [-0.4, -0.2) is 18.4 Å². The number of aryl methyl sites for hydroxylation is 2. The van der Waals surface area contributed by atoms with E-state index in [4.69, 9.17) is 11.6 Å². The van der Waals surface area contributed by atoms with Gasteiger partial charge in [0.05, 0.1) is 10.6 Å². The quantitative estimate of drug-likeness (QED) is 0.682. The van der Waals surface area contributed by atoms with Crippen LogP contribution >= 0.6 is 11.6 Å². The van der Waals surface area contributed by atoms with E-state index < -0.39 is 10.0 Å². The number of sulfonamides is 1. The molecule has 0 atom stereocenters. The minimum Gasteiger partial charge on any atom is -0.292 e. The van der Waals surface area contributed by atoms with Crippen molar-refractivity contribution in [1.29, 1.82) is 0 Å². The predicted octanol–water partition coefficient (Wildman–Crippen LogP) is 3.43. The summed E-state index contributed by atoms with van der Waals surface area (Å²) in [7, 11) is -3.88. The molecule has 0 spiro atoms. The van der Waals surface area contributed by atoms with Crippen LogP contribution in [0.15, 0.2) is 58.2 Å². The molecule has 8 heteroatoms. The van der Waals surface area contributed by atoms with E-state index >= 15 is 0 Å². The van der Waals surface area contributed by atoms with E-state index in [0.717, 1.165) is 11.1 Å². The summed E-state index contributed by atoms with van der Waals surface area (Å²) in [6.07, 6.45) is 0.422. The number of benzene rings is 2. The zero-order valence-electron chi connectivity index (χ0n) is 14.8. The molecule has 3 rings (SSSR count). The molecule has 0 aliphatic rings. The Morgan fingerprint density at radius 1 is 1.07 bits per heavy atom. The van der Waals surface area contributed by atoms with Crippen molar-refractivity contribution in [3.8, 4) is 0 Å². The zero-order chi connectivity index (χ0) is 19.6. The lowest BCUT2D eigenvalue weighted by Crippen LogP contribution is -2.22. The molecule has 0 saturated heterocycles. The fourth-order valence-electron chi connectivity index (χ4n) is 2.67. The van der Waals surface area contributed by atoms with Crippen LogP contribution in [0.25, 0.3) is 0 Å². The van der Waals surface area contributed by atoms with Crippen LogP contribution in [0.3, 0.4) is 0 Å². The van der Waals surface area contributed by atoms with E-state index in [9.17, 15) is 13.2 Å². The zero-order valence-corrected chi connectivity index (χ0v) is 16.4. The van der Waals surface area contributed by atoms with Gasteiger partial charge in [-0.05, 0) is 49.2 Å². The second kappa shape index (κ2) is 7.54. The Balaban J connectivity index is 1.90. The molecule has 0 aliphatic heterocycles. The number of aromatic nitrogens is 2. The summed E-state index contributed by atoms with van der Waals surface area (Å²) < 4.78 is 27.2. The summed E-state index contributed by atoms with van der Waals surface area (Å²) in [5.74, 6) is -0.124. The van der Waals surface area contributed by atoms with Gasteiger partial charge in [-0.15, -0.1) is 0 Å². The van der Waals surface area contributed by atoms with E-state index in [-0.39, 0.29) is 16.4 Å². The third kappa shape index (κ3) is 4.37. The average Bonchev–Trinajstić information content (AvgIpc) is 2.59. The summed E-state index contributed by atoms with van der Waals surface area (Å²) in [5, 5.41) is 0.428. The molecule has 2 aromatic carbocycles. The third-order valence-electron chi connectivity index (χ3n) is 4.21. The highest BCUT2D eigenvalue weighted by molar-refractivity contribution is 7.92. The summed E-state index contributed by atoms with van der Waals surface area (Å²) in [6.45, 7) is 3.66. The van der Waals surface area contributed by atoms with Crippen LogP contribution in [0.2, 0.25) is 5.02 Å². The number of nitrogens with zero attached hydrogens (tertiary/aromatic N) is 1. The highest BCUT2D eigenvalue weighted by atomic mass is 35.5. The highest BCUT2D eigenvalue weighted by Gasteiger charge is 2.17. The maximum atomic E-state index is 12.5. The lowest BCUT2D eigenvalue weighted by Gasteiger charge is -2.11. The monoisotopic (exact) mass is 403 g/mol. The predicted molar refractivity (Wildman–Crippen MR) is 106 cm³/mol. The van der Waals surface area contributed by atoms with E-state index in [0.29, 0.717) is 22.7 Å². The Hall–Kier alpha value is -2.64. The van der Waals surface area contributed by atoms with Crippen molar-refractivity contribution in [2.24, 2.45) is 0 Å². The van der Waals surface area contributed by atoms with Gasteiger partial charge in [0.25, 0.3) is 15.6 Å². The number of halogens is 1. The lowest BCUT2D eigenvalue weighted by atomic mass is 10.0. The molecule has 0 radical (unpaired) electrons. The van der Waals surface area contributed by atoms with Crippen LogP contribution in [0.5, 0.6) is 0 Å². The topological polar surface area (TPSA) is 91.9 Å². The van der Waals surface area contributed by atoms with E-state index in [2.05, 4.69) is 14.7 Å². The molecule has 0 aliphatic carbocycles. The third-order valence-corrected chi connectivity index (χ3v) is 5.81. The van der Waals surface area contributed by atoms with Gasteiger partial charge in [-0.1, -0.05) is 35.9 Å². The van der Waals surface area contributed by atoms with Crippen LogP contribution in [-0.2, 0) is 16.4 Å². The number of hydrogen-bond donors (Lipinski definition) is 2. The summed E-state index contributed by atoms with van der Waals surface area (Å²) in [4.78, 5) is 19.2. The first-order chi connectivity index (χ1) is 12.8. The van der Waals surface area contributed by atoms with Crippen molar-refractivity contribution in [3.63, 3.8) is 0 Å². The summed E-state index contributed by atoms with van der Waals surface area (Å²) in [5.41, 5.74) is 2.68. The smallest absolute Gasteiger partial charge is 0.264 e. The molecule has 0 bridgehead atoms. The normalized spacial score (nSPS) is 11.4. The molecule has 3 aromatic rings. The van der Waals surface area contributed by atoms with Gasteiger partial charge in [0.2, 0.25) is 5.95 Å². The molecule has 0 amide bonds. The van der Waals surface area contributed by atoms with Crippen LogP contribution in [0.1, 0.15) is 22.4 Å². The Kier molecular flexibility index (Phi) is 5.34. The number of aromatic amines is 1. The highest BCUT2D eigenvalue weighted by Crippen LogP contribution is 2.17. The Bertz CT molecular complexity index is 1140. The molecule has 27 heavy (non-hydrogen) atoms. The lowest BCUT2D eigenvalue weighted by molar-refractivity contribution is 0.600. The first-order valence-electron chi connectivity index (χ1n) is 8.19. The van der Waals surface area contributed by atoms with Crippen molar-refractivity contribution >= 4 is 27.6 Å². The molecule has 6 nitrogen and oxygen atoms in total. The van der Waals surface area contributed by atoms with Crippen molar-refractivity contribution in [2.75, 3.05) is 4.72 Å². The number of rotatable bonds is 5. The fourth-order valence-corrected chi connectivity index (χ4v) is 3.76. The molecule has 0 unspecified atom stereocenters. The number of nitrogens with one attached hydrogen (secondary N) is 2. The molecule has 1 heterocycles. The van der Waals surface area contributed by atoms with Gasteiger partial charge in [0.1, 0.15) is 0 Å². The van der Waals surface area contributed by atoms with Crippen molar-refractivity contribution in [2.45, 2.75) is 25.2 Å². The van der Waals surface area contributed by atoms with Gasteiger partial charge in [-0.25, -0.2) is 18.1 Å². The van der Waals surface area contributed by atoms with Crippen LogP contribution in [0.4, 0.5) is 5.95 Å². The van der Waals surface area contributed by atoms with Gasteiger partial charge in [0.15, 0.2) is 0 Å². The Morgan fingerprint density at radius 3 is 2.37 bits per heavy atom. The van der Waals surface area contributed by atoms with Crippen molar-refractivity contribution in [3.05, 3.63) is 86.3 Å². The maximum Gasteiger partial charge on any atom is 0.264 e. The SMILES string of the molecule is Cc1ccccc1Cc1c(C)nc(NS(=O)(=O)c2ccc(Cl)cc2)[nH]c1=O. The molecule has 1 aromatic heterocycles. The van der Waals surface area contributed by atoms with Crippen molar-refractivity contribution in [1.82, 2.24) is 9.97 Å². The number of anilines is 1. The largest absolute Gasteiger partial charge is 0.292 e. The summed E-state index contributed by atoms with van der Waals surface area (Å²) in [6, 6.07) is 13.5. The standard InChI is InChI=1S/C19H18ClN3O3S/c1-12-5-3-4-6-14(12)11-17-13(2)21-19(22-18(17)24)23-27(25,26)16-9-7-15(20)8-10-16/h3-10H,11H2,1-2H3,(H2,21,22,23,24). The fraction of sp³-hybridized carbons (Fsp3) is 0.158. The first-order valence-corrected chi connectivity index (χ1v) is 10.0. The Labute approximate surface area is 162 Å². The molecular formula is C19H18ClN3O3S. The molecule has 0 fully saturated rings. The maximum absolute atomic E-state index is 12.5. The van der Waals surface area contributed by atoms with Crippen LogP contribution in [0, 0.1) is 13.8 Å². The molecule has 0 saturated carbocycles. The molecule has 2 N–H and O–H groups in total. The number of hydrogen-bond acceptors (Lipinski definition) is 4. The molecule has 140 valence electrons. The van der Waals surface area contributed by atoms with Gasteiger partial charge in [-0.3, -0.25) is 9.78 Å². The van der Waals surface area contributed by atoms with Gasteiger partial charge < -0.3 is 0 Å². The second-order valence-corrected chi connectivity index (χ2v) is 8.26. The molecular weight excluding hydrogens is 386 g/mol. The average molecular weight is 404 g/mol. The van der Waals surface area contributed by atoms with Crippen LogP contribution < -0.4 is 10.3 Å². The van der Waals surface area contributed by atoms with Crippen molar-refractivity contribution < 1.29 is 8.42 Å². The minimum atomic E-state index is -3.88. The van der Waals surface area contributed by atoms with Gasteiger partial charge in [0, 0.05) is 17.0 Å². The Morgan fingerprint density at radius 2 is 1.74 bits per heavy atom. The second-order valence-electron chi connectivity index (χ2n) is 6.14. The van der Waals surface area contributed by atoms with Gasteiger partial charge in [-0.2, -0.15) is 0 Å². The van der Waals surface area contributed by atoms with E-state index in [1.807, 2.05) is 31.2 Å². The first kappa shape index (κ1) is 19.1. The summed E-state index contributed by atoms with van der Waals surface area (Å²) >= 11 is 5.78. The van der Waals surface area contributed by atoms with E-state index in [1.54, 1.807) is 6.92 Å². The minimum absolute atomic E-state index is 0.0242. The van der Waals surface area contributed by atoms with Gasteiger partial charge >= 0.3 is 0 Å².